The van der Waals surface area contributed by atoms with Crippen molar-refractivity contribution in [3.05, 3.63) is 72.3 Å². The highest BCUT2D eigenvalue weighted by atomic mass is 19.2. The van der Waals surface area contributed by atoms with Gasteiger partial charge in [0.2, 0.25) is 0 Å². The summed E-state index contributed by atoms with van der Waals surface area (Å²) in [6.45, 7) is 6.68. The van der Waals surface area contributed by atoms with Crippen molar-refractivity contribution in [3.63, 3.8) is 0 Å². The smallest absolute Gasteiger partial charge is 0.0951 e. The number of rotatable bonds is 4. The molecule has 3 aromatic heterocycles. The maximum Gasteiger partial charge on any atom is 0.0951 e. The van der Waals surface area contributed by atoms with Crippen LogP contribution in [-0.4, -0.2) is 41.3 Å². The third-order valence-electron chi connectivity index (χ3n) is 5.80. The number of hydrogen-bond acceptors (Lipinski definition) is 6. The Balaban J connectivity index is 1.63. The second kappa shape index (κ2) is 8.51. The maximum absolute atomic E-state index is 16.1. The summed E-state index contributed by atoms with van der Waals surface area (Å²) in [6, 6.07) is 13.4. The molecule has 4 aromatic rings. The van der Waals surface area contributed by atoms with Gasteiger partial charge in [0.15, 0.2) is 0 Å². The molecule has 0 bridgehead atoms. The molecule has 32 heavy (non-hydrogen) atoms. The van der Waals surface area contributed by atoms with E-state index >= 15 is 4.48 Å². The molecule has 0 aliphatic carbocycles. The van der Waals surface area contributed by atoms with Crippen LogP contribution >= 0.6 is 0 Å². The first-order valence-electron chi connectivity index (χ1n) is 10.7. The molecule has 1 aliphatic rings. The van der Waals surface area contributed by atoms with Crippen molar-refractivity contribution < 1.29 is 9.22 Å². The van der Waals surface area contributed by atoms with Crippen LogP contribution in [0.2, 0.25) is 0 Å². The normalized spacial score (nSPS) is 14.0. The number of para-hydroxylation sites is 1. The Morgan fingerprint density at radius 1 is 1.00 bits per heavy atom. The van der Waals surface area contributed by atoms with Crippen LogP contribution in [0.15, 0.2) is 61.1 Å². The van der Waals surface area contributed by atoms with Crippen molar-refractivity contribution in [2.24, 2.45) is 0 Å². The average molecular weight is 429 g/mol. The topological polar surface area (TPSA) is 54.4 Å². The summed E-state index contributed by atoms with van der Waals surface area (Å²) in [7, 11) is 0. The molecule has 0 amide bonds. The van der Waals surface area contributed by atoms with Crippen molar-refractivity contribution in [3.8, 4) is 11.3 Å². The lowest BCUT2D eigenvalue weighted by Gasteiger charge is -2.29. The van der Waals surface area contributed by atoms with E-state index in [0.717, 1.165) is 51.6 Å². The van der Waals surface area contributed by atoms with Gasteiger partial charge in [-0.05, 0) is 38.1 Å². The van der Waals surface area contributed by atoms with Gasteiger partial charge in [0, 0.05) is 41.5 Å². The zero-order valence-electron chi connectivity index (χ0n) is 18.1. The lowest BCUT2D eigenvalue weighted by molar-refractivity contribution is 0.122. The van der Waals surface area contributed by atoms with Crippen molar-refractivity contribution in [2.75, 3.05) is 36.3 Å². The first-order chi connectivity index (χ1) is 15.6. The number of nitrogens with zero attached hydrogens (tertiary/aromatic N) is 5. The molecular weight excluding hydrogens is 405 g/mol. The SMILES string of the molecule is Cc1ccc(-c2nc3ccccc3c(N(F)c3cncc(N4CCOCC4)c3)c2C)cn1. The highest BCUT2D eigenvalue weighted by Gasteiger charge is 2.21. The molecule has 1 aliphatic heterocycles. The Kier molecular flexibility index (Phi) is 5.41. The van der Waals surface area contributed by atoms with E-state index in [-0.39, 0.29) is 0 Å². The minimum absolute atomic E-state index is 0.376. The van der Waals surface area contributed by atoms with Crippen molar-refractivity contribution in [1.29, 1.82) is 0 Å². The average Bonchev–Trinajstić information content (AvgIpc) is 2.84. The van der Waals surface area contributed by atoms with E-state index in [1.807, 2.05) is 56.3 Å². The van der Waals surface area contributed by atoms with Crippen LogP contribution in [0.4, 0.5) is 21.5 Å². The Morgan fingerprint density at radius 3 is 2.59 bits per heavy atom. The van der Waals surface area contributed by atoms with Crippen molar-refractivity contribution in [2.45, 2.75) is 13.8 Å². The van der Waals surface area contributed by atoms with Gasteiger partial charge in [-0.2, -0.15) is 5.12 Å². The van der Waals surface area contributed by atoms with Crippen LogP contribution < -0.4 is 10.0 Å². The Morgan fingerprint density at radius 2 is 1.81 bits per heavy atom. The second-order valence-electron chi connectivity index (χ2n) is 7.92. The van der Waals surface area contributed by atoms with Gasteiger partial charge in [-0.3, -0.25) is 9.97 Å². The predicted molar refractivity (Wildman–Crippen MR) is 125 cm³/mol. The van der Waals surface area contributed by atoms with E-state index in [1.54, 1.807) is 18.6 Å². The molecule has 0 spiro atoms. The largest absolute Gasteiger partial charge is 0.378 e. The Bertz CT molecular complexity index is 1260. The molecule has 0 unspecified atom stereocenters. The van der Waals surface area contributed by atoms with Crippen LogP contribution in [0.3, 0.4) is 0 Å². The first-order valence-corrected chi connectivity index (χ1v) is 10.7. The molecule has 4 heterocycles. The summed E-state index contributed by atoms with van der Waals surface area (Å²) in [4.78, 5) is 15.7. The van der Waals surface area contributed by atoms with Gasteiger partial charge in [-0.25, -0.2) is 4.98 Å². The van der Waals surface area contributed by atoms with E-state index in [0.29, 0.717) is 30.3 Å². The van der Waals surface area contributed by atoms with E-state index in [2.05, 4.69) is 14.9 Å². The van der Waals surface area contributed by atoms with Crippen LogP contribution in [0.5, 0.6) is 0 Å². The van der Waals surface area contributed by atoms with Gasteiger partial charge in [0.05, 0.1) is 53.9 Å². The fourth-order valence-corrected chi connectivity index (χ4v) is 4.08. The number of benzene rings is 1. The summed E-state index contributed by atoms with van der Waals surface area (Å²) in [6.07, 6.45) is 5.10. The number of morpholine rings is 1. The minimum Gasteiger partial charge on any atom is -0.378 e. The number of aryl methyl sites for hydroxylation is 1. The summed E-state index contributed by atoms with van der Waals surface area (Å²) < 4.78 is 21.5. The number of anilines is 3. The second-order valence-corrected chi connectivity index (χ2v) is 7.92. The molecule has 1 aromatic carbocycles. The first kappa shape index (κ1) is 20.3. The van der Waals surface area contributed by atoms with Gasteiger partial charge >= 0.3 is 0 Å². The Hall–Kier alpha value is -3.58. The molecule has 5 rings (SSSR count). The van der Waals surface area contributed by atoms with E-state index in [4.69, 9.17) is 9.72 Å². The third kappa shape index (κ3) is 3.76. The third-order valence-corrected chi connectivity index (χ3v) is 5.80. The molecule has 7 heteroatoms. The summed E-state index contributed by atoms with van der Waals surface area (Å²) in [5.74, 6) is 0. The highest BCUT2D eigenvalue weighted by molar-refractivity contribution is 5.98. The van der Waals surface area contributed by atoms with Gasteiger partial charge in [-0.1, -0.05) is 22.7 Å². The van der Waals surface area contributed by atoms with Gasteiger partial charge in [0.1, 0.15) is 0 Å². The molecule has 0 atom stereocenters. The fourth-order valence-electron chi connectivity index (χ4n) is 4.08. The number of halogens is 1. The van der Waals surface area contributed by atoms with E-state index in [1.165, 1.54) is 0 Å². The maximum atomic E-state index is 16.1. The molecule has 0 radical (unpaired) electrons. The van der Waals surface area contributed by atoms with E-state index in [9.17, 15) is 0 Å². The van der Waals surface area contributed by atoms with Crippen LogP contribution in [0.1, 0.15) is 11.3 Å². The predicted octanol–water partition coefficient (Wildman–Crippen LogP) is 5.17. The standard InChI is InChI=1S/C25H24FN5O/c1-17-7-8-19(14-28-17)24-18(2)25(22-5-3-4-6-23(22)29-24)31(26)21-13-20(15-27-16-21)30-9-11-32-12-10-30/h3-8,13-16H,9-12H2,1-2H3. The quantitative estimate of drug-likeness (QED) is 0.417. The van der Waals surface area contributed by atoms with Crippen molar-refractivity contribution >= 4 is 28.0 Å². The fraction of sp³-hybridized carbons (Fsp3) is 0.240. The van der Waals surface area contributed by atoms with Crippen molar-refractivity contribution in [1.82, 2.24) is 15.0 Å². The zero-order chi connectivity index (χ0) is 22.1. The molecule has 1 saturated heterocycles. The molecule has 1 fully saturated rings. The molecular formula is C25H24FN5O. The molecule has 0 N–H and O–H groups in total. The molecule has 162 valence electrons. The minimum atomic E-state index is 0.376. The lowest BCUT2D eigenvalue weighted by Crippen LogP contribution is -2.36. The summed E-state index contributed by atoms with van der Waals surface area (Å²) >= 11 is 0. The number of ether oxygens (including phenoxy) is 1. The summed E-state index contributed by atoms with van der Waals surface area (Å²) in [5, 5.41) is 1.47. The highest BCUT2D eigenvalue weighted by Crippen LogP contribution is 2.39. The number of hydrogen-bond donors (Lipinski definition) is 0. The molecule has 0 saturated carbocycles. The Labute approximate surface area is 186 Å². The van der Waals surface area contributed by atoms with Crippen LogP contribution in [-0.2, 0) is 4.74 Å². The van der Waals surface area contributed by atoms with Gasteiger partial charge in [0.25, 0.3) is 0 Å². The number of fused-ring (bicyclic) bond motifs is 1. The molecule has 6 nitrogen and oxygen atoms in total. The van der Waals surface area contributed by atoms with Gasteiger partial charge in [-0.15, -0.1) is 0 Å². The zero-order valence-corrected chi connectivity index (χ0v) is 18.1. The van der Waals surface area contributed by atoms with Crippen LogP contribution in [0.25, 0.3) is 22.2 Å². The van der Waals surface area contributed by atoms with Crippen LogP contribution in [0, 0.1) is 13.8 Å². The van der Waals surface area contributed by atoms with E-state index < -0.39 is 0 Å². The van der Waals surface area contributed by atoms with Gasteiger partial charge < -0.3 is 9.64 Å². The lowest BCUT2D eigenvalue weighted by atomic mass is 10.0. The monoisotopic (exact) mass is 429 g/mol. The summed E-state index contributed by atoms with van der Waals surface area (Å²) in [5.41, 5.74) is 5.68. The number of pyridine rings is 3. The number of aromatic nitrogens is 3.